The molecule has 0 aliphatic rings. The monoisotopic (exact) mass is 782 g/mol. The fourth-order valence-corrected chi connectivity index (χ4v) is 9.47. The molecule has 0 atom stereocenters. The molecule has 0 spiro atoms. The van der Waals surface area contributed by atoms with E-state index in [-0.39, 0.29) is 23.3 Å². The Balaban J connectivity index is 1.01. The van der Waals surface area contributed by atoms with E-state index in [1.807, 2.05) is 47.0 Å². The summed E-state index contributed by atoms with van der Waals surface area (Å²) in [6.45, 7) is 0. The second-order valence-electron chi connectivity index (χ2n) is 15.4. The van der Waals surface area contributed by atoms with Gasteiger partial charge in [0.1, 0.15) is 0 Å². The van der Waals surface area contributed by atoms with Crippen molar-refractivity contribution < 1.29 is 6.85 Å². The molecule has 4 heterocycles. The topological polar surface area (TPSA) is 40.6 Å². The maximum Gasteiger partial charge on any atom is 0.235 e. The van der Waals surface area contributed by atoms with Gasteiger partial charge in [0.25, 0.3) is 0 Å². The van der Waals surface area contributed by atoms with Crippen LogP contribution >= 0.6 is 0 Å². The molecule has 0 saturated heterocycles. The lowest BCUT2D eigenvalue weighted by molar-refractivity contribution is 1.01. The molecule has 284 valence electrons. The van der Waals surface area contributed by atoms with Gasteiger partial charge in [-0.25, -0.2) is 9.97 Å². The average Bonchev–Trinajstić information content (AvgIpc) is 4.00. The van der Waals surface area contributed by atoms with Crippen molar-refractivity contribution in [2.24, 2.45) is 0 Å². The fourth-order valence-electron chi connectivity index (χ4n) is 9.47. The Bertz CT molecular complexity index is 4160. The summed E-state index contributed by atoms with van der Waals surface area (Å²) in [7, 11) is 0. The second kappa shape index (κ2) is 13.1. The zero-order valence-electron chi connectivity index (χ0n) is 37.6. The van der Waals surface area contributed by atoms with Gasteiger partial charge >= 0.3 is 0 Å². The Morgan fingerprint density at radius 1 is 0.328 bits per heavy atom. The van der Waals surface area contributed by atoms with Crippen molar-refractivity contribution in [2.45, 2.75) is 0 Å². The Kier molecular flexibility index (Phi) is 6.24. The predicted octanol–water partition coefficient (Wildman–Crippen LogP) is 14.3. The van der Waals surface area contributed by atoms with E-state index >= 15 is 0 Å². The van der Waals surface area contributed by atoms with Crippen LogP contribution in [0.25, 0.3) is 116 Å². The molecular formula is C56H35N5. The SMILES string of the molecule is [2H]c1c([2H])c([2H])c(-c2nc(-n3c4ccccc4c4ccc(-c5ccc6c(c5)c5ccccc5n6-c5ccc6c7ccccc7n(-c7ccccc7)c6c5)cc43)nc3ccccc23)c([2H])c1[2H]. The number of benzene rings is 9. The van der Waals surface area contributed by atoms with E-state index < -0.39 is 18.1 Å². The molecule has 0 aliphatic carbocycles. The van der Waals surface area contributed by atoms with Crippen LogP contribution in [-0.2, 0) is 0 Å². The van der Waals surface area contributed by atoms with Crippen molar-refractivity contribution >= 4 is 76.3 Å². The summed E-state index contributed by atoms with van der Waals surface area (Å²) in [5.41, 5.74) is 11.4. The minimum absolute atomic E-state index is 0.0354. The molecule has 0 radical (unpaired) electrons. The normalized spacial score (nSPS) is 13.1. The molecule has 4 aromatic heterocycles. The maximum atomic E-state index is 8.89. The van der Waals surface area contributed by atoms with Crippen LogP contribution in [0.1, 0.15) is 6.85 Å². The molecule has 9 aromatic carbocycles. The third-order valence-corrected chi connectivity index (χ3v) is 12.1. The maximum absolute atomic E-state index is 8.89. The highest BCUT2D eigenvalue weighted by atomic mass is 15.2. The van der Waals surface area contributed by atoms with E-state index in [9.17, 15) is 0 Å². The minimum Gasteiger partial charge on any atom is -0.309 e. The Hall–Kier alpha value is -8.28. The van der Waals surface area contributed by atoms with E-state index in [0.29, 0.717) is 16.9 Å². The van der Waals surface area contributed by atoms with Gasteiger partial charge in [-0.15, -0.1) is 0 Å². The van der Waals surface area contributed by atoms with Crippen molar-refractivity contribution in [3.63, 3.8) is 0 Å². The van der Waals surface area contributed by atoms with Gasteiger partial charge in [-0.1, -0.05) is 145 Å². The van der Waals surface area contributed by atoms with Crippen LogP contribution < -0.4 is 0 Å². The zero-order valence-corrected chi connectivity index (χ0v) is 32.6. The average molecular weight is 783 g/mol. The lowest BCUT2D eigenvalue weighted by Gasteiger charge is -2.12. The van der Waals surface area contributed by atoms with Gasteiger partial charge in [-0.2, -0.15) is 0 Å². The number of para-hydroxylation sites is 5. The molecule has 13 rings (SSSR count). The van der Waals surface area contributed by atoms with Gasteiger partial charge in [0.2, 0.25) is 5.95 Å². The molecular weight excluding hydrogens is 743 g/mol. The highest BCUT2D eigenvalue weighted by Crippen LogP contribution is 2.40. The first kappa shape index (κ1) is 29.0. The number of hydrogen-bond acceptors (Lipinski definition) is 2. The lowest BCUT2D eigenvalue weighted by Crippen LogP contribution is -2.03. The minimum atomic E-state index is -0.449. The highest BCUT2D eigenvalue weighted by molar-refractivity contribution is 6.14. The Morgan fingerprint density at radius 3 is 1.59 bits per heavy atom. The van der Waals surface area contributed by atoms with Gasteiger partial charge in [0.05, 0.1) is 51.2 Å². The molecule has 13 aromatic rings. The van der Waals surface area contributed by atoms with Crippen LogP contribution in [0.4, 0.5) is 0 Å². The highest BCUT2D eigenvalue weighted by Gasteiger charge is 2.20. The van der Waals surface area contributed by atoms with Gasteiger partial charge in [0.15, 0.2) is 0 Å². The molecule has 0 aliphatic heterocycles. The number of rotatable bonds is 5. The molecule has 0 fully saturated rings. The third-order valence-electron chi connectivity index (χ3n) is 12.1. The fraction of sp³-hybridized carbons (Fsp3) is 0. The van der Waals surface area contributed by atoms with Crippen molar-refractivity contribution in [1.82, 2.24) is 23.7 Å². The van der Waals surface area contributed by atoms with Crippen LogP contribution in [0.3, 0.4) is 0 Å². The predicted molar refractivity (Wildman–Crippen MR) is 253 cm³/mol. The van der Waals surface area contributed by atoms with Crippen LogP contribution in [0.2, 0.25) is 0 Å². The lowest BCUT2D eigenvalue weighted by atomic mass is 10.0. The van der Waals surface area contributed by atoms with Crippen LogP contribution in [0, 0.1) is 0 Å². The van der Waals surface area contributed by atoms with E-state index in [1.54, 1.807) is 0 Å². The zero-order chi connectivity index (χ0) is 44.4. The van der Waals surface area contributed by atoms with Crippen molar-refractivity contribution in [3.05, 3.63) is 212 Å². The smallest absolute Gasteiger partial charge is 0.235 e. The molecule has 0 saturated carbocycles. The number of aromatic nitrogens is 5. The summed E-state index contributed by atoms with van der Waals surface area (Å²) in [4.78, 5) is 10.2. The summed E-state index contributed by atoms with van der Waals surface area (Å²) in [6.07, 6.45) is 0. The first-order valence-corrected chi connectivity index (χ1v) is 20.3. The summed E-state index contributed by atoms with van der Waals surface area (Å²) in [6, 6.07) is 61.4. The molecule has 0 N–H and O–H groups in total. The third kappa shape index (κ3) is 5.08. The number of fused-ring (bicyclic) bond motifs is 10. The number of hydrogen-bond donors (Lipinski definition) is 0. The summed E-state index contributed by atoms with van der Waals surface area (Å²) >= 11 is 0. The molecule has 0 amide bonds. The van der Waals surface area contributed by atoms with Gasteiger partial charge in [-0.3, -0.25) is 4.57 Å². The molecule has 5 nitrogen and oxygen atoms in total. The molecule has 61 heavy (non-hydrogen) atoms. The van der Waals surface area contributed by atoms with Crippen LogP contribution in [-0.4, -0.2) is 23.7 Å². The Labute approximate surface area is 357 Å². The van der Waals surface area contributed by atoms with Gasteiger partial charge in [-0.05, 0) is 77.9 Å². The van der Waals surface area contributed by atoms with Crippen molar-refractivity contribution in [2.75, 3.05) is 0 Å². The van der Waals surface area contributed by atoms with E-state index in [1.165, 1.54) is 16.3 Å². The van der Waals surface area contributed by atoms with E-state index in [4.69, 9.17) is 16.8 Å². The quantitative estimate of drug-likeness (QED) is 0.174. The largest absolute Gasteiger partial charge is 0.309 e. The van der Waals surface area contributed by atoms with Gasteiger partial charge in [0, 0.05) is 54.6 Å². The van der Waals surface area contributed by atoms with Crippen molar-refractivity contribution in [3.8, 4) is 39.7 Å². The summed E-state index contributed by atoms with van der Waals surface area (Å²) < 4.78 is 49.7. The summed E-state index contributed by atoms with van der Waals surface area (Å²) in [5, 5.41) is 7.32. The molecule has 0 bridgehead atoms. The van der Waals surface area contributed by atoms with Gasteiger partial charge < -0.3 is 9.13 Å². The van der Waals surface area contributed by atoms with E-state index in [0.717, 1.165) is 71.6 Å². The first-order chi connectivity index (χ1) is 32.3. The second-order valence-corrected chi connectivity index (χ2v) is 15.4. The Morgan fingerprint density at radius 2 is 0.852 bits per heavy atom. The van der Waals surface area contributed by atoms with Crippen LogP contribution in [0.15, 0.2) is 212 Å². The standard InChI is InChI=1S/C56H35N5/c1-3-15-36(16-4-1)55-46-22-7-11-23-48(46)57-56(58-55)61-51-26-14-9-20-42(51)44-30-27-38(34-53(44)61)37-28-32-52-47(33-37)43-21-10-13-25-50(43)60(52)40-29-31-45-41-19-8-12-24-49(41)59(54(45)35-40)39-17-5-2-6-18-39/h1-35H/i1D,3D,4D,15D,16D. The van der Waals surface area contributed by atoms with Crippen molar-refractivity contribution in [1.29, 1.82) is 0 Å². The first-order valence-electron chi connectivity index (χ1n) is 22.8. The molecule has 0 unspecified atom stereocenters. The number of nitrogens with zero attached hydrogens (tertiary/aromatic N) is 5. The molecule has 5 heteroatoms. The van der Waals surface area contributed by atoms with Crippen LogP contribution in [0.5, 0.6) is 0 Å². The van der Waals surface area contributed by atoms with E-state index in [2.05, 4.69) is 149 Å². The summed E-state index contributed by atoms with van der Waals surface area (Å²) in [5.74, 6) is 0.334.